The predicted molar refractivity (Wildman–Crippen MR) is 60.5 cm³/mol. The van der Waals surface area contributed by atoms with Crippen LogP contribution in [0.15, 0.2) is 0 Å². The monoisotopic (exact) mass is 220 g/mol. The number of amides is 1. The first-order valence-electron chi connectivity index (χ1n) is 4.93. The molecule has 0 saturated heterocycles. The van der Waals surface area contributed by atoms with Crippen molar-refractivity contribution in [2.45, 2.75) is 13.3 Å². The van der Waals surface area contributed by atoms with Gasteiger partial charge in [-0.2, -0.15) is 11.8 Å². The highest BCUT2D eigenvalue weighted by Gasteiger charge is 1.99. The van der Waals surface area contributed by atoms with Gasteiger partial charge in [-0.15, -0.1) is 0 Å². The van der Waals surface area contributed by atoms with Crippen molar-refractivity contribution in [3.63, 3.8) is 0 Å². The summed E-state index contributed by atoms with van der Waals surface area (Å²) in [6, 6.07) is 0. The lowest BCUT2D eigenvalue weighted by Gasteiger charge is -2.04. The van der Waals surface area contributed by atoms with E-state index in [4.69, 9.17) is 10.5 Å². The fourth-order valence-corrected chi connectivity index (χ4v) is 1.44. The van der Waals surface area contributed by atoms with Crippen molar-refractivity contribution in [1.82, 2.24) is 5.32 Å². The van der Waals surface area contributed by atoms with Crippen LogP contribution in [-0.4, -0.2) is 43.7 Å². The van der Waals surface area contributed by atoms with Crippen LogP contribution >= 0.6 is 11.8 Å². The molecule has 0 aromatic rings. The van der Waals surface area contributed by atoms with Crippen LogP contribution in [-0.2, 0) is 9.53 Å². The number of carbonyl (C=O) groups is 1. The Balaban J connectivity index is 3.10. The molecule has 0 unspecified atom stereocenters. The van der Waals surface area contributed by atoms with Gasteiger partial charge in [-0.1, -0.05) is 0 Å². The fourth-order valence-electron chi connectivity index (χ4n) is 0.846. The summed E-state index contributed by atoms with van der Waals surface area (Å²) < 4.78 is 5.14. The highest BCUT2D eigenvalue weighted by molar-refractivity contribution is 7.99. The number of nitrogens with two attached hydrogens (primary N) is 1. The molecule has 5 heteroatoms. The Labute approximate surface area is 89.9 Å². The summed E-state index contributed by atoms with van der Waals surface area (Å²) in [6.07, 6.45) is 0.876. The second-order valence-electron chi connectivity index (χ2n) is 2.74. The molecule has 0 aliphatic carbocycles. The van der Waals surface area contributed by atoms with E-state index in [-0.39, 0.29) is 5.91 Å². The molecule has 0 aliphatic heterocycles. The molecule has 0 aromatic carbocycles. The smallest absolute Gasteiger partial charge is 0.229 e. The van der Waals surface area contributed by atoms with Gasteiger partial charge in [0.15, 0.2) is 0 Å². The molecule has 0 fully saturated rings. The summed E-state index contributed by atoms with van der Waals surface area (Å²) in [6.45, 7) is 4.74. The van der Waals surface area contributed by atoms with Crippen molar-refractivity contribution < 1.29 is 9.53 Å². The van der Waals surface area contributed by atoms with E-state index < -0.39 is 0 Å². The third kappa shape index (κ3) is 9.83. The summed E-state index contributed by atoms with van der Waals surface area (Å²) in [5.41, 5.74) is 5.30. The lowest BCUT2D eigenvalue weighted by atomic mass is 10.4. The van der Waals surface area contributed by atoms with Crippen molar-refractivity contribution in [2.75, 3.05) is 37.8 Å². The van der Waals surface area contributed by atoms with E-state index in [1.807, 2.05) is 6.92 Å². The molecule has 0 saturated carbocycles. The minimum absolute atomic E-state index is 0.0833. The van der Waals surface area contributed by atoms with Gasteiger partial charge in [-0.25, -0.2) is 0 Å². The molecule has 0 atom stereocenters. The molecule has 0 aliphatic rings. The average molecular weight is 220 g/mol. The zero-order valence-corrected chi connectivity index (χ0v) is 9.57. The predicted octanol–water partition coefficient (Wildman–Crippen LogP) is 0.221. The first-order chi connectivity index (χ1) is 6.81. The van der Waals surface area contributed by atoms with Gasteiger partial charge in [0.25, 0.3) is 0 Å². The Morgan fingerprint density at radius 1 is 1.57 bits per heavy atom. The Kier molecular flexibility index (Phi) is 10.6. The molecule has 0 heterocycles. The van der Waals surface area contributed by atoms with Crippen molar-refractivity contribution in [3.05, 3.63) is 0 Å². The van der Waals surface area contributed by atoms with E-state index in [0.717, 1.165) is 18.8 Å². The molecular formula is C9H20N2O2S. The topological polar surface area (TPSA) is 64.3 Å². The molecule has 0 spiro atoms. The fraction of sp³-hybridized carbons (Fsp3) is 0.889. The van der Waals surface area contributed by atoms with Crippen molar-refractivity contribution in [1.29, 1.82) is 0 Å². The molecule has 4 nitrogen and oxygen atoms in total. The number of nitrogens with one attached hydrogen (secondary N) is 1. The SMILES string of the molecule is CCOCCCNC(=O)CSCCN. The maximum Gasteiger partial charge on any atom is 0.229 e. The van der Waals surface area contributed by atoms with E-state index in [1.54, 1.807) is 11.8 Å². The van der Waals surface area contributed by atoms with Crippen LogP contribution in [0.5, 0.6) is 0 Å². The Morgan fingerprint density at radius 2 is 2.36 bits per heavy atom. The summed E-state index contributed by atoms with van der Waals surface area (Å²) in [4.78, 5) is 11.1. The van der Waals surface area contributed by atoms with Crippen LogP contribution in [0.1, 0.15) is 13.3 Å². The number of hydrogen-bond donors (Lipinski definition) is 2. The Bertz CT molecular complexity index is 145. The summed E-state index contributed by atoms with van der Waals surface area (Å²) >= 11 is 1.56. The third-order valence-electron chi connectivity index (χ3n) is 1.49. The lowest BCUT2D eigenvalue weighted by molar-refractivity contribution is -0.118. The molecule has 0 rings (SSSR count). The molecule has 14 heavy (non-hydrogen) atoms. The molecule has 0 bridgehead atoms. The highest BCUT2D eigenvalue weighted by atomic mass is 32.2. The second kappa shape index (κ2) is 10.8. The molecule has 0 radical (unpaired) electrons. The number of ether oxygens (including phenoxy) is 1. The standard InChI is InChI=1S/C9H20N2O2S/c1-2-13-6-3-5-11-9(12)8-14-7-4-10/h2-8,10H2,1H3,(H,11,12). The molecule has 3 N–H and O–H groups in total. The number of hydrogen-bond acceptors (Lipinski definition) is 4. The van der Waals surface area contributed by atoms with Crippen LogP contribution in [0.25, 0.3) is 0 Å². The first-order valence-corrected chi connectivity index (χ1v) is 6.09. The van der Waals surface area contributed by atoms with Crippen LogP contribution in [0.2, 0.25) is 0 Å². The van der Waals surface area contributed by atoms with E-state index >= 15 is 0 Å². The molecular weight excluding hydrogens is 200 g/mol. The largest absolute Gasteiger partial charge is 0.382 e. The molecule has 0 aromatic heterocycles. The summed E-state index contributed by atoms with van der Waals surface area (Å²) in [5, 5.41) is 2.82. The van der Waals surface area contributed by atoms with Gasteiger partial charge in [0.2, 0.25) is 5.91 Å². The number of rotatable bonds is 9. The Hall–Kier alpha value is -0.260. The number of thioether (sulfide) groups is 1. The van der Waals surface area contributed by atoms with Gasteiger partial charge in [0.05, 0.1) is 5.75 Å². The minimum atomic E-state index is 0.0833. The van der Waals surface area contributed by atoms with Crippen LogP contribution < -0.4 is 11.1 Å². The Morgan fingerprint density at radius 3 is 3.00 bits per heavy atom. The van der Waals surface area contributed by atoms with E-state index in [0.29, 0.717) is 25.4 Å². The van der Waals surface area contributed by atoms with Gasteiger partial charge in [0.1, 0.15) is 0 Å². The van der Waals surface area contributed by atoms with E-state index in [1.165, 1.54) is 0 Å². The van der Waals surface area contributed by atoms with Crippen molar-refractivity contribution >= 4 is 17.7 Å². The minimum Gasteiger partial charge on any atom is -0.382 e. The van der Waals surface area contributed by atoms with Crippen molar-refractivity contribution in [3.8, 4) is 0 Å². The molecule has 84 valence electrons. The normalized spacial score (nSPS) is 10.1. The van der Waals surface area contributed by atoms with Crippen LogP contribution in [0.3, 0.4) is 0 Å². The van der Waals surface area contributed by atoms with E-state index in [2.05, 4.69) is 5.32 Å². The summed E-state index contributed by atoms with van der Waals surface area (Å²) in [7, 11) is 0. The maximum atomic E-state index is 11.1. The zero-order valence-electron chi connectivity index (χ0n) is 8.75. The zero-order chi connectivity index (χ0) is 10.6. The van der Waals surface area contributed by atoms with Gasteiger partial charge >= 0.3 is 0 Å². The highest BCUT2D eigenvalue weighted by Crippen LogP contribution is 1.96. The average Bonchev–Trinajstić information content (AvgIpc) is 2.18. The van der Waals surface area contributed by atoms with Gasteiger partial charge in [-0.05, 0) is 13.3 Å². The van der Waals surface area contributed by atoms with Gasteiger partial charge in [-0.3, -0.25) is 4.79 Å². The van der Waals surface area contributed by atoms with Crippen molar-refractivity contribution in [2.24, 2.45) is 5.73 Å². The quantitative estimate of drug-likeness (QED) is 0.546. The number of carbonyl (C=O) groups excluding carboxylic acids is 1. The first kappa shape index (κ1) is 13.7. The maximum absolute atomic E-state index is 11.1. The molecule has 1 amide bonds. The van der Waals surface area contributed by atoms with Crippen LogP contribution in [0, 0.1) is 0 Å². The van der Waals surface area contributed by atoms with Gasteiger partial charge < -0.3 is 15.8 Å². The second-order valence-corrected chi connectivity index (χ2v) is 3.85. The lowest BCUT2D eigenvalue weighted by Crippen LogP contribution is -2.27. The summed E-state index contributed by atoms with van der Waals surface area (Å²) in [5.74, 6) is 1.43. The van der Waals surface area contributed by atoms with E-state index in [9.17, 15) is 4.79 Å². The third-order valence-corrected chi connectivity index (χ3v) is 2.48. The van der Waals surface area contributed by atoms with Crippen LogP contribution in [0.4, 0.5) is 0 Å². The van der Waals surface area contributed by atoms with Gasteiger partial charge in [0, 0.05) is 32.1 Å².